The molecule has 0 spiro atoms. The Morgan fingerprint density at radius 1 is 1.28 bits per heavy atom. The van der Waals surface area contributed by atoms with E-state index in [0.717, 1.165) is 11.5 Å². The van der Waals surface area contributed by atoms with Crippen LogP contribution in [0, 0.1) is 5.92 Å². The van der Waals surface area contributed by atoms with Gasteiger partial charge in [-0.15, -0.1) is 0 Å². The highest BCUT2D eigenvalue weighted by molar-refractivity contribution is 7.80. The Labute approximate surface area is 115 Å². The Morgan fingerprint density at radius 2 is 2.00 bits per heavy atom. The molecule has 0 bridgehead atoms. The van der Waals surface area contributed by atoms with Gasteiger partial charge in [0.1, 0.15) is 4.99 Å². The highest BCUT2D eigenvalue weighted by Gasteiger charge is 2.15. The van der Waals surface area contributed by atoms with Crippen LogP contribution in [0.4, 0.5) is 5.69 Å². The van der Waals surface area contributed by atoms with Gasteiger partial charge in [-0.05, 0) is 49.4 Å². The van der Waals surface area contributed by atoms with Crippen LogP contribution in [0.15, 0.2) is 24.3 Å². The number of rotatable bonds is 3. The largest absolute Gasteiger partial charge is 0.389 e. The second-order valence-corrected chi connectivity index (χ2v) is 5.54. The molecule has 0 radical (unpaired) electrons. The van der Waals surface area contributed by atoms with E-state index in [-0.39, 0.29) is 0 Å². The zero-order chi connectivity index (χ0) is 13.0. The molecule has 3 heteroatoms. The monoisotopic (exact) mass is 262 g/mol. The van der Waals surface area contributed by atoms with Crippen LogP contribution in [-0.4, -0.2) is 18.1 Å². The van der Waals surface area contributed by atoms with E-state index in [2.05, 4.69) is 24.0 Å². The zero-order valence-electron chi connectivity index (χ0n) is 11.1. The van der Waals surface area contributed by atoms with Gasteiger partial charge in [0.05, 0.1) is 0 Å². The first-order valence-corrected chi connectivity index (χ1v) is 7.26. The maximum atomic E-state index is 5.62. The van der Waals surface area contributed by atoms with Crippen LogP contribution in [0.2, 0.25) is 0 Å². The van der Waals surface area contributed by atoms with Gasteiger partial charge in [0.2, 0.25) is 0 Å². The maximum Gasteiger partial charge on any atom is 0.103 e. The van der Waals surface area contributed by atoms with Gasteiger partial charge in [-0.25, -0.2) is 0 Å². The molecule has 0 aliphatic carbocycles. The fourth-order valence-electron chi connectivity index (χ4n) is 2.67. The molecule has 1 aliphatic heterocycles. The minimum absolute atomic E-state index is 0.475. The quantitative estimate of drug-likeness (QED) is 0.847. The standard InChI is InChI=1S/C15H22N2S/c1-2-12-4-3-10-17(11-9-12)14-7-5-13(6-8-14)15(16)18/h5-8,12H,2-4,9-11H2,1H3,(H2,16,18). The summed E-state index contributed by atoms with van der Waals surface area (Å²) in [5.41, 5.74) is 7.87. The zero-order valence-corrected chi connectivity index (χ0v) is 11.9. The first kappa shape index (κ1) is 13.3. The molecule has 1 saturated heterocycles. The minimum Gasteiger partial charge on any atom is -0.389 e. The summed E-state index contributed by atoms with van der Waals surface area (Å²) < 4.78 is 0. The van der Waals surface area contributed by atoms with Crippen molar-refractivity contribution in [1.29, 1.82) is 0 Å². The SMILES string of the molecule is CCC1CCCN(c2ccc(C(N)=S)cc2)CC1. The number of nitrogens with zero attached hydrogens (tertiary/aromatic N) is 1. The van der Waals surface area contributed by atoms with Crippen LogP contribution in [-0.2, 0) is 0 Å². The molecule has 0 amide bonds. The Morgan fingerprint density at radius 3 is 2.61 bits per heavy atom. The van der Waals surface area contributed by atoms with Crippen molar-refractivity contribution in [3.63, 3.8) is 0 Å². The molecule has 1 aliphatic rings. The fraction of sp³-hybridized carbons (Fsp3) is 0.533. The Bertz CT molecular complexity index is 399. The van der Waals surface area contributed by atoms with Crippen molar-refractivity contribution in [2.24, 2.45) is 11.7 Å². The molecular formula is C15H22N2S. The predicted octanol–water partition coefficient (Wildman–Crippen LogP) is 3.34. The molecular weight excluding hydrogens is 240 g/mol. The van der Waals surface area contributed by atoms with Crippen LogP contribution in [0.3, 0.4) is 0 Å². The molecule has 1 heterocycles. The normalized spacial score (nSPS) is 20.5. The highest BCUT2D eigenvalue weighted by Crippen LogP contribution is 2.24. The van der Waals surface area contributed by atoms with Crippen LogP contribution in [0.25, 0.3) is 0 Å². The van der Waals surface area contributed by atoms with Crippen molar-refractivity contribution in [2.45, 2.75) is 32.6 Å². The first-order chi connectivity index (χ1) is 8.70. The third kappa shape index (κ3) is 3.22. The van der Waals surface area contributed by atoms with Gasteiger partial charge < -0.3 is 10.6 Å². The molecule has 0 aromatic heterocycles. The smallest absolute Gasteiger partial charge is 0.103 e. The number of hydrogen-bond donors (Lipinski definition) is 1. The van der Waals surface area contributed by atoms with E-state index in [9.17, 15) is 0 Å². The lowest BCUT2D eigenvalue weighted by Gasteiger charge is -2.23. The van der Waals surface area contributed by atoms with E-state index in [1.54, 1.807) is 0 Å². The van der Waals surface area contributed by atoms with Gasteiger partial charge in [-0.1, -0.05) is 25.6 Å². The topological polar surface area (TPSA) is 29.3 Å². The van der Waals surface area contributed by atoms with Crippen LogP contribution >= 0.6 is 12.2 Å². The number of anilines is 1. The highest BCUT2D eigenvalue weighted by atomic mass is 32.1. The molecule has 2 nitrogen and oxygen atoms in total. The van der Waals surface area contributed by atoms with E-state index in [4.69, 9.17) is 18.0 Å². The lowest BCUT2D eigenvalue weighted by atomic mass is 9.98. The lowest BCUT2D eigenvalue weighted by Crippen LogP contribution is -2.24. The van der Waals surface area contributed by atoms with E-state index in [1.165, 1.54) is 44.5 Å². The van der Waals surface area contributed by atoms with Gasteiger partial charge in [0, 0.05) is 24.3 Å². The summed E-state index contributed by atoms with van der Waals surface area (Å²) in [6.45, 7) is 4.64. The molecule has 1 aromatic rings. The van der Waals surface area contributed by atoms with Crippen molar-refractivity contribution in [2.75, 3.05) is 18.0 Å². The van der Waals surface area contributed by atoms with E-state index >= 15 is 0 Å². The van der Waals surface area contributed by atoms with Crippen LogP contribution in [0.1, 0.15) is 38.2 Å². The van der Waals surface area contributed by atoms with Gasteiger partial charge in [0.25, 0.3) is 0 Å². The van der Waals surface area contributed by atoms with Crippen molar-refractivity contribution >= 4 is 22.9 Å². The first-order valence-electron chi connectivity index (χ1n) is 6.85. The summed E-state index contributed by atoms with van der Waals surface area (Å²) in [7, 11) is 0. The summed E-state index contributed by atoms with van der Waals surface area (Å²) in [5.74, 6) is 0.908. The van der Waals surface area contributed by atoms with Crippen molar-refractivity contribution in [1.82, 2.24) is 0 Å². The fourth-order valence-corrected chi connectivity index (χ4v) is 2.80. The number of nitrogens with two attached hydrogens (primary N) is 1. The summed E-state index contributed by atoms with van der Waals surface area (Å²) in [4.78, 5) is 2.96. The molecule has 18 heavy (non-hydrogen) atoms. The van der Waals surface area contributed by atoms with E-state index in [0.29, 0.717) is 4.99 Å². The molecule has 2 rings (SSSR count). The van der Waals surface area contributed by atoms with Crippen molar-refractivity contribution in [3.8, 4) is 0 Å². The lowest BCUT2D eigenvalue weighted by molar-refractivity contribution is 0.459. The Balaban J connectivity index is 2.04. The molecule has 1 unspecified atom stereocenters. The van der Waals surface area contributed by atoms with Gasteiger partial charge in [-0.2, -0.15) is 0 Å². The molecule has 2 N–H and O–H groups in total. The molecule has 0 saturated carbocycles. The third-order valence-corrected chi connectivity index (χ3v) is 4.18. The maximum absolute atomic E-state index is 5.62. The van der Waals surface area contributed by atoms with Crippen LogP contribution < -0.4 is 10.6 Å². The summed E-state index contributed by atoms with van der Waals surface area (Å²) in [5, 5.41) is 0. The summed E-state index contributed by atoms with van der Waals surface area (Å²) in [6, 6.07) is 8.33. The number of thiocarbonyl (C=S) groups is 1. The predicted molar refractivity (Wildman–Crippen MR) is 82.2 cm³/mol. The molecule has 1 atom stereocenters. The number of hydrogen-bond acceptors (Lipinski definition) is 2. The minimum atomic E-state index is 0.475. The number of benzene rings is 1. The van der Waals surface area contributed by atoms with Gasteiger partial charge in [0.15, 0.2) is 0 Å². The molecule has 1 fully saturated rings. The van der Waals surface area contributed by atoms with Crippen molar-refractivity contribution < 1.29 is 0 Å². The van der Waals surface area contributed by atoms with E-state index in [1.807, 2.05) is 12.1 Å². The van der Waals surface area contributed by atoms with Crippen LogP contribution in [0.5, 0.6) is 0 Å². The summed E-state index contributed by atoms with van der Waals surface area (Å²) >= 11 is 4.98. The van der Waals surface area contributed by atoms with E-state index < -0.39 is 0 Å². The third-order valence-electron chi connectivity index (χ3n) is 3.94. The average molecular weight is 262 g/mol. The average Bonchev–Trinajstić information content (AvgIpc) is 2.64. The van der Waals surface area contributed by atoms with Gasteiger partial charge in [-0.3, -0.25) is 0 Å². The Kier molecular flexibility index (Phi) is 4.59. The Hall–Kier alpha value is -1.09. The second-order valence-electron chi connectivity index (χ2n) is 5.10. The summed E-state index contributed by atoms with van der Waals surface area (Å²) in [6.07, 6.45) is 5.30. The van der Waals surface area contributed by atoms with Crippen molar-refractivity contribution in [3.05, 3.63) is 29.8 Å². The second kappa shape index (κ2) is 6.19. The molecule has 98 valence electrons. The van der Waals surface area contributed by atoms with Gasteiger partial charge >= 0.3 is 0 Å². The molecule has 1 aromatic carbocycles.